The maximum absolute atomic E-state index is 13.2. The Labute approximate surface area is 116 Å². The average molecular weight is 297 g/mol. The van der Waals surface area contributed by atoms with E-state index in [2.05, 4.69) is 5.32 Å². The first-order chi connectivity index (χ1) is 9.45. The molecule has 0 amide bonds. The number of hydrogen-bond donors (Lipinski definition) is 1. The van der Waals surface area contributed by atoms with Gasteiger partial charge in [-0.15, -0.1) is 0 Å². The van der Waals surface area contributed by atoms with Crippen molar-refractivity contribution in [3.63, 3.8) is 0 Å². The summed E-state index contributed by atoms with van der Waals surface area (Å²) in [6.07, 6.45) is 0. The Morgan fingerprint density at radius 3 is 2.50 bits per heavy atom. The highest BCUT2D eigenvalue weighted by atomic mass is 32.1. The van der Waals surface area contributed by atoms with Crippen molar-refractivity contribution in [2.75, 3.05) is 5.32 Å². The van der Waals surface area contributed by atoms with Gasteiger partial charge in [-0.25, -0.2) is 4.39 Å². The zero-order valence-corrected chi connectivity index (χ0v) is 10.7. The largest absolute Gasteiger partial charge is 0.381 e. The molecule has 1 heterocycles. The van der Waals surface area contributed by atoms with Crippen molar-refractivity contribution in [1.82, 2.24) is 0 Å². The Kier molecular flexibility index (Phi) is 3.89. The highest BCUT2D eigenvalue weighted by Crippen LogP contribution is 2.24. The SMILES string of the molecule is O=[N+]([O-])c1cc(F)cc(NCc2csc([N+](=O)[O-])c2)c1. The lowest BCUT2D eigenvalue weighted by Crippen LogP contribution is -2.00. The Balaban J connectivity index is 2.10. The van der Waals surface area contributed by atoms with Crippen molar-refractivity contribution in [2.45, 2.75) is 6.54 Å². The summed E-state index contributed by atoms with van der Waals surface area (Å²) < 4.78 is 13.2. The van der Waals surface area contributed by atoms with Crippen LogP contribution in [0.5, 0.6) is 0 Å². The van der Waals surface area contributed by atoms with Gasteiger partial charge in [0.15, 0.2) is 0 Å². The van der Waals surface area contributed by atoms with Gasteiger partial charge in [0.05, 0.1) is 15.9 Å². The van der Waals surface area contributed by atoms with Crippen LogP contribution >= 0.6 is 11.3 Å². The van der Waals surface area contributed by atoms with Gasteiger partial charge >= 0.3 is 5.00 Å². The summed E-state index contributed by atoms with van der Waals surface area (Å²) in [6, 6.07) is 4.53. The molecule has 0 bridgehead atoms. The molecule has 1 aromatic heterocycles. The maximum atomic E-state index is 13.2. The van der Waals surface area contributed by atoms with Crippen molar-refractivity contribution in [3.05, 3.63) is 61.3 Å². The fourth-order valence-corrected chi connectivity index (χ4v) is 2.27. The molecular weight excluding hydrogens is 289 g/mol. The van der Waals surface area contributed by atoms with E-state index >= 15 is 0 Å². The second-order valence-electron chi connectivity index (χ2n) is 3.86. The van der Waals surface area contributed by atoms with Crippen LogP contribution in [0.4, 0.5) is 20.8 Å². The van der Waals surface area contributed by atoms with E-state index in [0.717, 1.165) is 23.5 Å². The summed E-state index contributed by atoms with van der Waals surface area (Å²) in [4.78, 5) is 19.9. The molecule has 20 heavy (non-hydrogen) atoms. The van der Waals surface area contributed by atoms with E-state index in [-0.39, 0.29) is 22.9 Å². The van der Waals surface area contributed by atoms with Gasteiger partial charge in [-0.2, -0.15) is 0 Å². The van der Waals surface area contributed by atoms with Crippen LogP contribution in [0.25, 0.3) is 0 Å². The number of halogens is 1. The molecule has 0 aliphatic heterocycles. The Morgan fingerprint density at radius 1 is 1.15 bits per heavy atom. The minimum atomic E-state index is -0.724. The molecule has 7 nitrogen and oxygen atoms in total. The Morgan fingerprint density at radius 2 is 1.90 bits per heavy atom. The van der Waals surface area contributed by atoms with Crippen LogP contribution in [0.15, 0.2) is 29.6 Å². The molecule has 0 radical (unpaired) electrons. The van der Waals surface area contributed by atoms with Gasteiger partial charge in [0, 0.05) is 29.7 Å². The summed E-state index contributed by atoms with van der Waals surface area (Å²) in [5, 5.41) is 25.5. The number of non-ortho nitro benzene ring substituents is 1. The smallest absolute Gasteiger partial charge is 0.324 e. The van der Waals surface area contributed by atoms with E-state index in [9.17, 15) is 24.6 Å². The molecule has 1 N–H and O–H groups in total. The van der Waals surface area contributed by atoms with E-state index in [1.54, 1.807) is 5.38 Å². The molecule has 0 fully saturated rings. The van der Waals surface area contributed by atoms with Gasteiger partial charge in [-0.05, 0) is 11.6 Å². The topological polar surface area (TPSA) is 98.3 Å². The molecule has 1 aromatic carbocycles. The molecule has 104 valence electrons. The van der Waals surface area contributed by atoms with Crippen LogP contribution in [0.2, 0.25) is 0 Å². The van der Waals surface area contributed by atoms with E-state index in [0.29, 0.717) is 5.56 Å². The third-order valence-corrected chi connectivity index (χ3v) is 3.34. The minimum absolute atomic E-state index is 0.00650. The van der Waals surface area contributed by atoms with Gasteiger partial charge in [-0.1, -0.05) is 11.3 Å². The van der Waals surface area contributed by atoms with Crippen molar-refractivity contribution >= 4 is 27.7 Å². The lowest BCUT2D eigenvalue weighted by molar-refractivity contribution is -0.385. The number of rotatable bonds is 5. The normalized spacial score (nSPS) is 10.2. The molecule has 0 saturated heterocycles. The molecule has 2 rings (SSSR count). The zero-order valence-electron chi connectivity index (χ0n) is 9.91. The summed E-state index contributed by atoms with van der Waals surface area (Å²) in [6.45, 7) is 0.213. The van der Waals surface area contributed by atoms with Crippen molar-refractivity contribution in [1.29, 1.82) is 0 Å². The first-order valence-electron chi connectivity index (χ1n) is 5.36. The van der Waals surface area contributed by atoms with E-state index in [1.165, 1.54) is 12.1 Å². The monoisotopic (exact) mass is 297 g/mol. The molecule has 0 unspecified atom stereocenters. The lowest BCUT2D eigenvalue weighted by atomic mass is 10.2. The van der Waals surface area contributed by atoms with Crippen LogP contribution in [0.1, 0.15) is 5.56 Å². The van der Waals surface area contributed by atoms with Gasteiger partial charge < -0.3 is 5.32 Å². The van der Waals surface area contributed by atoms with Gasteiger partial charge in [-0.3, -0.25) is 20.2 Å². The van der Waals surface area contributed by atoms with E-state index < -0.39 is 15.7 Å². The van der Waals surface area contributed by atoms with Crippen molar-refractivity contribution < 1.29 is 14.2 Å². The fraction of sp³-hybridized carbons (Fsp3) is 0.0909. The number of thiophene rings is 1. The minimum Gasteiger partial charge on any atom is -0.381 e. The fourth-order valence-electron chi connectivity index (χ4n) is 1.54. The van der Waals surface area contributed by atoms with E-state index in [1.807, 2.05) is 0 Å². The van der Waals surface area contributed by atoms with Crippen LogP contribution in [0, 0.1) is 26.0 Å². The number of nitrogens with one attached hydrogen (secondary N) is 1. The number of anilines is 1. The van der Waals surface area contributed by atoms with Crippen LogP contribution < -0.4 is 5.32 Å². The molecule has 0 spiro atoms. The van der Waals surface area contributed by atoms with E-state index in [4.69, 9.17) is 0 Å². The molecule has 0 aliphatic rings. The number of nitro groups is 2. The molecule has 0 saturated carbocycles. The zero-order chi connectivity index (χ0) is 14.7. The van der Waals surface area contributed by atoms with Crippen molar-refractivity contribution in [2.24, 2.45) is 0 Å². The molecule has 0 atom stereocenters. The average Bonchev–Trinajstić information content (AvgIpc) is 2.84. The van der Waals surface area contributed by atoms with Gasteiger partial charge in [0.25, 0.3) is 5.69 Å². The highest BCUT2D eigenvalue weighted by Gasteiger charge is 2.11. The van der Waals surface area contributed by atoms with Gasteiger partial charge in [0.1, 0.15) is 5.82 Å². The lowest BCUT2D eigenvalue weighted by Gasteiger charge is -2.04. The van der Waals surface area contributed by atoms with Crippen LogP contribution in [-0.2, 0) is 6.54 Å². The highest BCUT2D eigenvalue weighted by molar-refractivity contribution is 7.13. The molecule has 2 aromatic rings. The first-order valence-corrected chi connectivity index (χ1v) is 6.24. The summed E-state index contributed by atoms with van der Waals surface area (Å²) >= 11 is 0.983. The van der Waals surface area contributed by atoms with Crippen molar-refractivity contribution in [3.8, 4) is 0 Å². The first kappa shape index (κ1) is 13.9. The Hall–Kier alpha value is -2.55. The maximum Gasteiger partial charge on any atom is 0.324 e. The number of benzene rings is 1. The van der Waals surface area contributed by atoms with Crippen LogP contribution in [-0.4, -0.2) is 9.85 Å². The predicted octanol–water partition coefficient (Wildman–Crippen LogP) is 3.32. The summed E-state index contributed by atoms with van der Waals surface area (Å²) in [5.74, 6) is -0.724. The number of nitrogens with zero attached hydrogens (tertiary/aromatic N) is 2. The Bertz CT molecular complexity index is 673. The summed E-state index contributed by atoms with van der Waals surface area (Å²) in [5.41, 5.74) is 0.531. The predicted molar refractivity (Wildman–Crippen MR) is 71.4 cm³/mol. The second-order valence-corrected chi connectivity index (χ2v) is 4.75. The quantitative estimate of drug-likeness (QED) is 0.674. The summed E-state index contributed by atoms with van der Waals surface area (Å²) in [7, 11) is 0. The van der Waals surface area contributed by atoms with Gasteiger partial charge in [0.2, 0.25) is 0 Å². The third-order valence-electron chi connectivity index (χ3n) is 2.41. The number of nitro benzene ring substituents is 1. The molecule has 9 heteroatoms. The molecule has 0 aliphatic carbocycles. The third kappa shape index (κ3) is 3.26. The standard InChI is InChI=1S/C11H8FN3O4S/c12-8-2-9(4-10(3-8)14(16)17)13-5-7-1-11(15(18)19)20-6-7/h1-4,6,13H,5H2. The molecular formula is C11H8FN3O4S. The van der Waals surface area contributed by atoms with Crippen LogP contribution in [0.3, 0.4) is 0 Å². The second kappa shape index (κ2) is 5.61. The number of hydrogen-bond acceptors (Lipinski definition) is 6.